The van der Waals surface area contributed by atoms with Crippen molar-refractivity contribution in [1.29, 1.82) is 0 Å². The maximum absolute atomic E-state index is 13.1. The fourth-order valence-electron chi connectivity index (χ4n) is 4.71. The average molecular weight is 451 g/mol. The van der Waals surface area contributed by atoms with Gasteiger partial charge in [-0.1, -0.05) is 0 Å². The molecular formula is C25H30N4O4. The van der Waals surface area contributed by atoms with E-state index in [2.05, 4.69) is 32.6 Å². The number of aromatic hydroxyl groups is 1. The number of fused-ring (bicyclic) bond motifs is 1. The Balaban J connectivity index is 1.58. The summed E-state index contributed by atoms with van der Waals surface area (Å²) in [7, 11) is 1.56. The van der Waals surface area contributed by atoms with Crippen molar-refractivity contribution >= 4 is 22.3 Å². The van der Waals surface area contributed by atoms with Crippen molar-refractivity contribution in [2.24, 2.45) is 0 Å². The van der Waals surface area contributed by atoms with Crippen LogP contribution in [0.15, 0.2) is 45.6 Å². The van der Waals surface area contributed by atoms with Crippen LogP contribution in [0.2, 0.25) is 0 Å². The Morgan fingerprint density at radius 2 is 1.64 bits per heavy atom. The van der Waals surface area contributed by atoms with Gasteiger partial charge >= 0.3 is 0 Å². The molecule has 8 heteroatoms. The van der Waals surface area contributed by atoms with Gasteiger partial charge in [0.25, 0.3) is 0 Å². The summed E-state index contributed by atoms with van der Waals surface area (Å²) in [5, 5.41) is 17.5. The summed E-state index contributed by atoms with van der Waals surface area (Å²) in [4.78, 5) is 17.6. The number of rotatable bonds is 4. The van der Waals surface area contributed by atoms with Crippen LogP contribution in [-0.2, 0) is 0 Å². The molecule has 33 heavy (non-hydrogen) atoms. The number of benzene rings is 2. The van der Waals surface area contributed by atoms with Gasteiger partial charge in [-0.05, 0) is 37.2 Å². The van der Waals surface area contributed by atoms with Crippen molar-refractivity contribution in [3.8, 4) is 22.8 Å². The van der Waals surface area contributed by atoms with Gasteiger partial charge in [0, 0.05) is 69.2 Å². The van der Waals surface area contributed by atoms with E-state index in [0.717, 1.165) is 70.0 Å². The molecule has 3 aromatic rings. The van der Waals surface area contributed by atoms with Crippen LogP contribution < -0.4 is 30.6 Å². The Kier molecular flexibility index (Phi) is 6.11. The Hall–Kier alpha value is -3.23. The molecule has 0 bridgehead atoms. The molecule has 2 fully saturated rings. The summed E-state index contributed by atoms with van der Waals surface area (Å²) in [5.74, 6) is 0.832. The Morgan fingerprint density at radius 3 is 2.36 bits per heavy atom. The zero-order valence-corrected chi connectivity index (χ0v) is 18.9. The normalized spacial score (nSPS) is 17.2. The maximum atomic E-state index is 13.1. The Labute approximate surface area is 192 Å². The highest BCUT2D eigenvalue weighted by atomic mass is 16.5. The molecule has 0 spiro atoms. The van der Waals surface area contributed by atoms with Crippen molar-refractivity contribution in [1.82, 2.24) is 10.6 Å². The highest BCUT2D eigenvalue weighted by molar-refractivity contribution is 5.97. The second-order valence-corrected chi connectivity index (χ2v) is 8.50. The minimum absolute atomic E-state index is 0.133. The number of phenolic OH excluding ortho intramolecular Hbond substituents is 1. The van der Waals surface area contributed by atoms with Crippen molar-refractivity contribution in [3.63, 3.8) is 0 Å². The summed E-state index contributed by atoms with van der Waals surface area (Å²) in [6.45, 7) is 7.16. The molecule has 0 unspecified atom stereocenters. The third-order valence-electron chi connectivity index (χ3n) is 6.43. The van der Waals surface area contributed by atoms with Gasteiger partial charge in [-0.2, -0.15) is 0 Å². The summed E-state index contributed by atoms with van der Waals surface area (Å²) in [5.41, 5.74) is 2.77. The van der Waals surface area contributed by atoms with Gasteiger partial charge in [0.15, 0.2) is 11.0 Å². The van der Waals surface area contributed by atoms with Gasteiger partial charge < -0.3 is 34.7 Å². The molecule has 0 amide bonds. The van der Waals surface area contributed by atoms with Crippen molar-refractivity contribution in [2.45, 2.75) is 6.42 Å². The van der Waals surface area contributed by atoms with Crippen LogP contribution in [0.25, 0.3) is 22.3 Å². The SMILES string of the molecule is COc1cc(O)c2c(=O)cc(-c3ccc(N4CCCNCC4)cc3)oc2c1N1CCNCC1. The number of nitrogens with one attached hydrogen (secondary N) is 2. The van der Waals surface area contributed by atoms with Crippen LogP contribution in [0.5, 0.6) is 11.5 Å². The Morgan fingerprint density at radius 1 is 0.939 bits per heavy atom. The predicted molar refractivity (Wildman–Crippen MR) is 131 cm³/mol. The molecule has 0 saturated carbocycles. The van der Waals surface area contributed by atoms with E-state index in [4.69, 9.17) is 9.15 Å². The number of hydrogen-bond donors (Lipinski definition) is 3. The van der Waals surface area contributed by atoms with Gasteiger partial charge in [0.05, 0.1) is 7.11 Å². The molecule has 2 aromatic carbocycles. The van der Waals surface area contributed by atoms with Gasteiger partial charge in [0.1, 0.15) is 28.3 Å². The Bertz CT molecular complexity index is 1180. The lowest BCUT2D eigenvalue weighted by Gasteiger charge is -2.31. The number of ether oxygens (including phenoxy) is 1. The van der Waals surface area contributed by atoms with Crippen LogP contribution in [0, 0.1) is 0 Å². The first-order valence-corrected chi connectivity index (χ1v) is 11.6. The number of hydrogen-bond acceptors (Lipinski definition) is 8. The predicted octanol–water partition coefficient (Wildman–Crippen LogP) is 2.38. The highest BCUT2D eigenvalue weighted by Gasteiger charge is 2.24. The monoisotopic (exact) mass is 450 g/mol. The van der Waals surface area contributed by atoms with Crippen LogP contribution in [0.4, 0.5) is 11.4 Å². The first kappa shape index (κ1) is 21.6. The molecule has 3 heterocycles. The summed E-state index contributed by atoms with van der Waals surface area (Å²) in [6, 6.07) is 11.1. The second-order valence-electron chi connectivity index (χ2n) is 8.50. The topological polar surface area (TPSA) is 90.2 Å². The van der Waals surface area contributed by atoms with Crippen molar-refractivity contribution < 1.29 is 14.3 Å². The molecule has 8 nitrogen and oxygen atoms in total. The first-order valence-electron chi connectivity index (χ1n) is 11.6. The molecule has 3 N–H and O–H groups in total. The molecule has 2 aliphatic rings. The summed E-state index contributed by atoms with van der Waals surface area (Å²) < 4.78 is 11.9. The zero-order valence-electron chi connectivity index (χ0n) is 18.9. The highest BCUT2D eigenvalue weighted by Crippen LogP contribution is 2.41. The largest absolute Gasteiger partial charge is 0.507 e. The van der Waals surface area contributed by atoms with E-state index in [9.17, 15) is 9.90 Å². The third-order valence-corrected chi connectivity index (χ3v) is 6.43. The van der Waals surface area contributed by atoms with Crippen LogP contribution in [0.3, 0.4) is 0 Å². The zero-order chi connectivity index (χ0) is 22.8. The number of piperazine rings is 1. The standard InChI is InChI=1S/C25H30N4O4/c1-32-22-16-20(31)23-19(30)15-21(33-25(23)24(22)29-13-9-27-10-14-29)17-3-5-18(6-4-17)28-11-2-7-26-8-12-28/h3-6,15-16,26-27,31H,2,7-14H2,1H3. The number of anilines is 2. The van der Waals surface area contributed by atoms with E-state index in [1.807, 2.05) is 12.1 Å². The lowest BCUT2D eigenvalue weighted by Crippen LogP contribution is -2.43. The maximum Gasteiger partial charge on any atom is 0.197 e. The summed E-state index contributed by atoms with van der Waals surface area (Å²) in [6.07, 6.45) is 1.11. The second kappa shape index (κ2) is 9.33. The first-order chi connectivity index (χ1) is 16.2. The third kappa shape index (κ3) is 4.24. The van der Waals surface area contributed by atoms with E-state index in [0.29, 0.717) is 22.8 Å². The van der Waals surface area contributed by atoms with Gasteiger partial charge in [-0.3, -0.25) is 4.79 Å². The van der Waals surface area contributed by atoms with Crippen molar-refractivity contribution in [3.05, 3.63) is 46.6 Å². The lowest BCUT2D eigenvalue weighted by molar-refractivity contribution is 0.406. The number of methoxy groups -OCH3 is 1. The molecule has 0 radical (unpaired) electrons. The quantitative estimate of drug-likeness (QED) is 0.558. The average Bonchev–Trinajstić information content (AvgIpc) is 3.14. The molecule has 2 aliphatic heterocycles. The van der Waals surface area contributed by atoms with Gasteiger partial charge in [0.2, 0.25) is 0 Å². The molecule has 0 atom stereocenters. The molecule has 0 aliphatic carbocycles. The minimum atomic E-state index is -0.273. The van der Waals surface area contributed by atoms with E-state index in [-0.39, 0.29) is 16.6 Å². The smallest absolute Gasteiger partial charge is 0.197 e. The molecule has 2 saturated heterocycles. The number of phenols is 1. The number of nitrogens with zero attached hydrogens (tertiary/aromatic N) is 2. The fourth-order valence-corrected chi connectivity index (χ4v) is 4.71. The molecule has 5 rings (SSSR count). The van der Waals surface area contributed by atoms with Crippen LogP contribution >= 0.6 is 0 Å². The van der Waals surface area contributed by atoms with Crippen LogP contribution in [0.1, 0.15) is 6.42 Å². The van der Waals surface area contributed by atoms with E-state index >= 15 is 0 Å². The van der Waals surface area contributed by atoms with E-state index in [1.54, 1.807) is 7.11 Å². The molecular weight excluding hydrogens is 420 g/mol. The van der Waals surface area contributed by atoms with Crippen molar-refractivity contribution in [2.75, 3.05) is 69.3 Å². The van der Waals surface area contributed by atoms with Gasteiger partial charge in [-0.25, -0.2) is 0 Å². The lowest BCUT2D eigenvalue weighted by atomic mass is 10.1. The van der Waals surface area contributed by atoms with Crippen LogP contribution in [-0.4, -0.2) is 64.6 Å². The fraction of sp³-hybridized carbons (Fsp3) is 0.400. The van der Waals surface area contributed by atoms with E-state index in [1.165, 1.54) is 12.1 Å². The summed E-state index contributed by atoms with van der Waals surface area (Å²) >= 11 is 0. The molecule has 1 aromatic heterocycles. The van der Waals surface area contributed by atoms with E-state index < -0.39 is 0 Å². The molecule has 174 valence electrons. The van der Waals surface area contributed by atoms with Gasteiger partial charge in [-0.15, -0.1) is 0 Å². The minimum Gasteiger partial charge on any atom is -0.507 e.